The van der Waals surface area contributed by atoms with Gasteiger partial charge >= 0.3 is 0 Å². The van der Waals surface area contributed by atoms with Crippen LogP contribution in [0.1, 0.15) is 21.7 Å². The van der Waals surface area contributed by atoms with Crippen LogP contribution < -0.4 is 0 Å². The highest BCUT2D eigenvalue weighted by Crippen LogP contribution is 2.15. The Kier molecular flexibility index (Phi) is 8.95. The van der Waals surface area contributed by atoms with Crippen molar-refractivity contribution in [1.82, 2.24) is 14.7 Å². The second-order valence-electron chi connectivity index (χ2n) is 8.50. The summed E-state index contributed by atoms with van der Waals surface area (Å²) in [4.78, 5) is 32.6. The monoisotopic (exact) mass is 495 g/mol. The third-order valence-corrected chi connectivity index (χ3v) is 6.24. The summed E-state index contributed by atoms with van der Waals surface area (Å²) in [7, 11) is 0. The van der Waals surface area contributed by atoms with Gasteiger partial charge in [0.25, 0.3) is 5.91 Å². The molecule has 35 heavy (non-hydrogen) atoms. The van der Waals surface area contributed by atoms with Crippen LogP contribution in [0.3, 0.4) is 0 Å². The quantitative estimate of drug-likeness (QED) is 0.426. The van der Waals surface area contributed by atoms with Gasteiger partial charge in [0, 0.05) is 43.3 Å². The van der Waals surface area contributed by atoms with Crippen molar-refractivity contribution in [1.29, 1.82) is 0 Å². The Morgan fingerprint density at radius 2 is 1.63 bits per heavy atom. The molecule has 3 aromatic rings. The number of morpholine rings is 1. The lowest BCUT2D eigenvalue weighted by atomic mass is 10.2. The van der Waals surface area contributed by atoms with E-state index in [9.17, 15) is 9.59 Å². The fraction of sp³-hybridized carbons (Fsp3) is 0.333. The number of nitrogens with zero attached hydrogens (tertiary/aromatic N) is 3. The Bertz CT molecular complexity index is 1070. The molecule has 0 atom stereocenters. The second kappa shape index (κ2) is 12.5. The molecule has 0 radical (unpaired) electrons. The predicted octanol–water partition coefficient (Wildman–Crippen LogP) is 3.94. The van der Waals surface area contributed by atoms with Gasteiger partial charge in [-0.25, -0.2) is 0 Å². The molecule has 1 aliphatic heterocycles. The molecule has 1 aliphatic rings. The predicted molar refractivity (Wildman–Crippen MR) is 134 cm³/mol. The van der Waals surface area contributed by atoms with Crippen LogP contribution in [-0.4, -0.2) is 72.5 Å². The number of hydrogen-bond donors (Lipinski definition) is 0. The molecular formula is C27H30ClN3O4. The molecule has 8 heteroatoms. The van der Waals surface area contributed by atoms with E-state index in [0.29, 0.717) is 55.7 Å². The summed E-state index contributed by atoms with van der Waals surface area (Å²) in [5, 5.41) is 0.560. The van der Waals surface area contributed by atoms with E-state index < -0.39 is 0 Å². The highest BCUT2D eigenvalue weighted by atomic mass is 35.5. The molecule has 0 spiro atoms. The van der Waals surface area contributed by atoms with Crippen LogP contribution in [0.25, 0.3) is 0 Å². The van der Waals surface area contributed by atoms with E-state index in [1.807, 2.05) is 36.4 Å². The lowest BCUT2D eigenvalue weighted by Gasteiger charge is -2.31. The van der Waals surface area contributed by atoms with Gasteiger partial charge in [-0.2, -0.15) is 0 Å². The summed E-state index contributed by atoms with van der Waals surface area (Å²) in [6, 6.07) is 20.2. The number of carbonyl (C=O) groups excluding carboxylic acids is 2. The fourth-order valence-corrected chi connectivity index (χ4v) is 4.13. The Hall–Kier alpha value is -3.13. The standard InChI is InChI=1S/C27H30ClN3O4/c28-24-10-8-23(9-11-24)27(33)30(13-12-29-14-17-34-18-15-29)21-26(32)31(20-25-7-4-16-35-25)19-22-5-2-1-3-6-22/h1-11,16H,12-15,17-21H2. The van der Waals surface area contributed by atoms with Gasteiger partial charge in [0.15, 0.2) is 0 Å². The van der Waals surface area contributed by atoms with Gasteiger partial charge in [-0.3, -0.25) is 14.5 Å². The highest BCUT2D eigenvalue weighted by molar-refractivity contribution is 6.30. The molecule has 2 aromatic carbocycles. The first kappa shape index (κ1) is 25.0. The molecule has 2 heterocycles. The minimum absolute atomic E-state index is 0.0284. The Morgan fingerprint density at radius 3 is 2.31 bits per heavy atom. The Morgan fingerprint density at radius 1 is 0.886 bits per heavy atom. The van der Waals surface area contributed by atoms with Crippen molar-refractivity contribution in [2.24, 2.45) is 0 Å². The smallest absolute Gasteiger partial charge is 0.254 e. The van der Waals surface area contributed by atoms with Crippen molar-refractivity contribution >= 4 is 23.4 Å². The van der Waals surface area contributed by atoms with Gasteiger partial charge < -0.3 is 19.0 Å². The molecule has 4 rings (SSSR count). The average molecular weight is 496 g/mol. The summed E-state index contributed by atoms with van der Waals surface area (Å²) < 4.78 is 10.9. The molecule has 1 fully saturated rings. The van der Waals surface area contributed by atoms with E-state index in [0.717, 1.165) is 18.7 Å². The number of benzene rings is 2. The van der Waals surface area contributed by atoms with E-state index in [-0.39, 0.29) is 18.4 Å². The summed E-state index contributed by atoms with van der Waals surface area (Å²) >= 11 is 6.02. The molecule has 2 amide bonds. The van der Waals surface area contributed by atoms with Gasteiger partial charge in [-0.1, -0.05) is 41.9 Å². The molecule has 1 saturated heterocycles. The van der Waals surface area contributed by atoms with E-state index in [2.05, 4.69) is 4.90 Å². The molecule has 184 valence electrons. The normalized spacial score (nSPS) is 14.0. The van der Waals surface area contributed by atoms with E-state index >= 15 is 0 Å². The first-order chi connectivity index (χ1) is 17.1. The highest BCUT2D eigenvalue weighted by Gasteiger charge is 2.24. The van der Waals surface area contributed by atoms with Gasteiger partial charge in [-0.05, 0) is 42.0 Å². The average Bonchev–Trinajstić information content (AvgIpc) is 3.40. The topological polar surface area (TPSA) is 66.2 Å². The molecular weight excluding hydrogens is 466 g/mol. The minimum atomic E-state index is -0.194. The van der Waals surface area contributed by atoms with Crippen molar-refractivity contribution in [3.8, 4) is 0 Å². The van der Waals surface area contributed by atoms with Gasteiger partial charge in [0.1, 0.15) is 12.3 Å². The number of rotatable bonds is 10. The number of furan rings is 1. The van der Waals surface area contributed by atoms with Crippen molar-refractivity contribution in [3.63, 3.8) is 0 Å². The van der Waals surface area contributed by atoms with Gasteiger partial charge in [0.2, 0.25) is 5.91 Å². The molecule has 0 unspecified atom stereocenters. The SMILES string of the molecule is O=C(CN(CCN1CCOCC1)C(=O)c1ccc(Cl)cc1)N(Cc1ccccc1)Cc1ccco1. The molecule has 1 aromatic heterocycles. The van der Waals surface area contributed by atoms with E-state index in [1.165, 1.54) is 0 Å². The number of hydrogen-bond acceptors (Lipinski definition) is 5. The van der Waals surface area contributed by atoms with Crippen LogP contribution in [-0.2, 0) is 22.6 Å². The molecule has 0 aliphatic carbocycles. The lowest BCUT2D eigenvalue weighted by molar-refractivity contribution is -0.133. The minimum Gasteiger partial charge on any atom is -0.467 e. The maximum Gasteiger partial charge on any atom is 0.254 e. The second-order valence-corrected chi connectivity index (χ2v) is 8.94. The maximum atomic E-state index is 13.6. The third-order valence-electron chi connectivity index (χ3n) is 5.99. The summed E-state index contributed by atoms with van der Waals surface area (Å²) in [6.07, 6.45) is 1.60. The molecule has 0 bridgehead atoms. The summed E-state index contributed by atoms with van der Waals surface area (Å²) in [5.74, 6) is 0.355. The number of halogens is 1. The molecule has 0 saturated carbocycles. The van der Waals surface area contributed by atoms with Crippen molar-refractivity contribution in [3.05, 3.63) is 94.9 Å². The molecule has 7 nitrogen and oxygen atoms in total. The van der Waals surface area contributed by atoms with Crippen LogP contribution in [0, 0.1) is 0 Å². The molecule has 0 N–H and O–H groups in total. The zero-order valence-electron chi connectivity index (χ0n) is 19.6. The first-order valence-electron chi connectivity index (χ1n) is 11.8. The van der Waals surface area contributed by atoms with Crippen molar-refractivity contribution in [2.75, 3.05) is 45.9 Å². The maximum absolute atomic E-state index is 13.6. The summed E-state index contributed by atoms with van der Waals surface area (Å²) in [6.45, 7) is 4.82. The largest absolute Gasteiger partial charge is 0.467 e. The van der Waals surface area contributed by atoms with Crippen LogP contribution in [0.2, 0.25) is 5.02 Å². The third kappa shape index (κ3) is 7.42. The fourth-order valence-electron chi connectivity index (χ4n) is 4.00. The first-order valence-corrected chi connectivity index (χ1v) is 12.2. The zero-order chi connectivity index (χ0) is 24.5. The van der Waals surface area contributed by atoms with Crippen molar-refractivity contribution < 1.29 is 18.7 Å². The van der Waals surface area contributed by atoms with E-state index in [1.54, 1.807) is 46.4 Å². The Labute approximate surface area is 210 Å². The van der Waals surface area contributed by atoms with Gasteiger partial charge in [0.05, 0.1) is 26.0 Å². The Balaban J connectivity index is 1.51. The zero-order valence-corrected chi connectivity index (χ0v) is 20.4. The van der Waals surface area contributed by atoms with Crippen LogP contribution >= 0.6 is 11.6 Å². The van der Waals surface area contributed by atoms with Crippen LogP contribution in [0.4, 0.5) is 0 Å². The number of amides is 2. The van der Waals surface area contributed by atoms with Crippen LogP contribution in [0.15, 0.2) is 77.4 Å². The van der Waals surface area contributed by atoms with Crippen LogP contribution in [0.5, 0.6) is 0 Å². The van der Waals surface area contributed by atoms with E-state index in [4.69, 9.17) is 20.8 Å². The number of ether oxygens (including phenoxy) is 1. The van der Waals surface area contributed by atoms with Crippen molar-refractivity contribution in [2.45, 2.75) is 13.1 Å². The van der Waals surface area contributed by atoms with Gasteiger partial charge in [-0.15, -0.1) is 0 Å². The lowest BCUT2D eigenvalue weighted by Crippen LogP contribution is -2.47. The summed E-state index contributed by atoms with van der Waals surface area (Å²) in [5.41, 5.74) is 1.51. The number of carbonyl (C=O) groups is 2.